The summed E-state index contributed by atoms with van der Waals surface area (Å²) in [6.07, 6.45) is 8.40. The van der Waals surface area contributed by atoms with E-state index in [1.165, 1.54) is 6.33 Å². The third kappa shape index (κ3) is 2.41. The fraction of sp³-hybridized carbons (Fsp3) is 0.100. The van der Waals surface area contributed by atoms with Gasteiger partial charge in [-0.2, -0.15) is 0 Å². The van der Waals surface area contributed by atoms with Crippen molar-refractivity contribution in [3.05, 3.63) is 52.8 Å². The van der Waals surface area contributed by atoms with Gasteiger partial charge in [-0.15, -0.1) is 0 Å². The maximum absolute atomic E-state index is 5.54. The van der Waals surface area contributed by atoms with Gasteiger partial charge in [-0.05, 0) is 27.6 Å². The Morgan fingerprint density at radius 1 is 1.06 bits per heavy atom. The fourth-order valence-corrected chi connectivity index (χ4v) is 1.81. The van der Waals surface area contributed by atoms with Gasteiger partial charge >= 0.3 is 0 Å². The van der Waals surface area contributed by atoms with Crippen LogP contribution >= 0.6 is 15.9 Å². The lowest BCUT2D eigenvalue weighted by molar-refractivity contribution is 0.629. The summed E-state index contributed by atoms with van der Waals surface area (Å²) in [7, 11) is 0. The van der Waals surface area contributed by atoms with Crippen LogP contribution in [-0.4, -0.2) is 15.0 Å². The molecule has 2 aromatic rings. The van der Waals surface area contributed by atoms with Gasteiger partial charge in [0.1, 0.15) is 6.33 Å². The summed E-state index contributed by atoms with van der Waals surface area (Å²) in [5, 5.41) is 0. The molecule has 0 radical (unpaired) electrons. The normalized spacial score (nSPS) is 12.4. The zero-order valence-electron chi connectivity index (χ0n) is 8.34. The minimum absolute atomic E-state index is 0.161. The lowest BCUT2D eigenvalue weighted by Crippen LogP contribution is -2.29. The number of nitrogens with two attached hydrogens (primary N) is 1. The molecule has 3 N–H and O–H groups in total. The number of nitrogens with one attached hydrogen (secondary N) is 1. The summed E-state index contributed by atoms with van der Waals surface area (Å²) >= 11 is 3.37. The molecule has 0 spiro atoms. The Bertz CT molecular complexity index is 462. The first-order valence-electron chi connectivity index (χ1n) is 4.62. The number of hydrogen-bond acceptors (Lipinski definition) is 5. The number of aromatic nitrogens is 3. The van der Waals surface area contributed by atoms with E-state index >= 15 is 0 Å². The van der Waals surface area contributed by atoms with E-state index in [1.807, 2.05) is 6.07 Å². The minimum Gasteiger partial charge on any atom is -0.271 e. The third-order valence-corrected chi connectivity index (χ3v) is 2.57. The predicted molar refractivity (Wildman–Crippen MR) is 63.1 cm³/mol. The highest BCUT2D eigenvalue weighted by Crippen LogP contribution is 2.21. The molecule has 6 heteroatoms. The average Bonchev–Trinajstić information content (AvgIpc) is 2.31. The van der Waals surface area contributed by atoms with Crippen LogP contribution in [0.3, 0.4) is 0 Å². The highest BCUT2D eigenvalue weighted by Gasteiger charge is 2.13. The molecule has 0 saturated heterocycles. The Kier molecular flexibility index (Phi) is 3.55. The molecular formula is C10H10BrN5. The lowest BCUT2D eigenvalue weighted by atomic mass is 10.0. The van der Waals surface area contributed by atoms with E-state index in [1.54, 1.807) is 24.8 Å². The smallest absolute Gasteiger partial charge is 0.115 e. The van der Waals surface area contributed by atoms with Gasteiger partial charge in [0.05, 0.1) is 6.04 Å². The molecule has 0 saturated carbocycles. The first-order valence-corrected chi connectivity index (χ1v) is 5.42. The quantitative estimate of drug-likeness (QED) is 0.652. The predicted octanol–water partition coefficient (Wildman–Crippen LogP) is 1.19. The summed E-state index contributed by atoms with van der Waals surface area (Å²) in [5.74, 6) is 5.54. The summed E-state index contributed by atoms with van der Waals surface area (Å²) < 4.78 is 0.905. The van der Waals surface area contributed by atoms with E-state index in [-0.39, 0.29) is 6.04 Å². The van der Waals surface area contributed by atoms with Crippen molar-refractivity contribution in [1.29, 1.82) is 0 Å². The number of hydrazine groups is 1. The number of halogens is 1. The molecule has 0 aliphatic rings. The van der Waals surface area contributed by atoms with Crippen molar-refractivity contribution in [3.63, 3.8) is 0 Å². The monoisotopic (exact) mass is 279 g/mol. The second-order valence-corrected chi connectivity index (χ2v) is 4.12. The largest absolute Gasteiger partial charge is 0.271 e. The summed E-state index contributed by atoms with van der Waals surface area (Å²) in [4.78, 5) is 12.0. The molecule has 2 rings (SSSR count). The van der Waals surface area contributed by atoms with Crippen LogP contribution < -0.4 is 11.3 Å². The van der Waals surface area contributed by atoms with Crippen molar-refractivity contribution >= 4 is 15.9 Å². The maximum Gasteiger partial charge on any atom is 0.115 e. The Labute approximate surface area is 101 Å². The zero-order chi connectivity index (χ0) is 11.4. The lowest BCUT2D eigenvalue weighted by Gasteiger charge is -2.15. The first kappa shape index (κ1) is 11.1. The van der Waals surface area contributed by atoms with Gasteiger partial charge in [-0.1, -0.05) is 0 Å². The number of nitrogens with zero attached hydrogens (tertiary/aromatic N) is 3. The highest BCUT2D eigenvalue weighted by molar-refractivity contribution is 9.10. The van der Waals surface area contributed by atoms with E-state index in [4.69, 9.17) is 5.84 Å². The molecule has 5 nitrogen and oxygen atoms in total. The molecule has 1 unspecified atom stereocenters. The molecule has 0 amide bonds. The van der Waals surface area contributed by atoms with Crippen molar-refractivity contribution in [2.75, 3.05) is 0 Å². The number of rotatable bonds is 3. The molecule has 2 heterocycles. The van der Waals surface area contributed by atoms with Crippen LogP contribution in [0.2, 0.25) is 0 Å². The zero-order valence-corrected chi connectivity index (χ0v) is 9.92. The van der Waals surface area contributed by atoms with Crippen LogP contribution in [0.1, 0.15) is 17.2 Å². The average molecular weight is 280 g/mol. The minimum atomic E-state index is -0.161. The maximum atomic E-state index is 5.54. The van der Waals surface area contributed by atoms with Crippen molar-refractivity contribution in [1.82, 2.24) is 20.4 Å². The van der Waals surface area contributed by atoms with Crippen LogP contribution in [0.25, 0.3) is 0 Å². The van der Waals surface area contributed by atoms with E-state index in [9.17, 15) is 0 Å². The van der Waals surface area contributed by atoms with E-state index in [2.05, 4.69) is 36.3 Å². The van der Waals surface area contributed by atoms with Gasteiger partial charge < -0.3 is 0 Å². The number of pyridine rings is 1. The third-order valence-electron chi connectivity index (χ3n) is 2.14. The van der Waals surface area contributed by atoms with E-state index < -0.39 is 0 Å². The van der Waals surface area contributed by atoms with Gasteiger partial charge in [-0.25, -0.2) is 15.4 Å². The van der Waals surface area contributed by atoms with Crippen molar-refractivity contribution in [2.45, 2.75) is 6.04 Å². The first-order chi connectivity index (χ1) is 7.81. The second kappa shape index (κ2) is 5.11. The molecular weight excluding hydrogens is 270 g/mol. The van der Waals surface area contributed by atoms with Crippen molar-refractivity contribution in [2.24, 2.45) is 5.84 Å². The molecule has 0 fully saturated rings. The summed E-state index contributed by atoms with van der Waals surface area (Å²) in [6, 6.07) is 1.79. The van der Waals surface area contributed by atoms with Gasteiger partial charge in [0.2, 0.25) is 0 Å². The molecule has 2 aromatic heterocycles. The van der Waals surface area contributed by atoms with Crippen LogP contribution in [0, 0.1) is 0 Å². The Hall–Kier alpha value is -1.37. The molecule has 16 heavy (non-hydrogen) atoms. The Morgan fingerprint density at radius 3 is 2.38 bits per heavy atom. The molecule has 0 aromatic carbocycles. The van der Waals surface area contributed by atoms with Gasteiger partial charge in [0.15, 0.2) is 0 Å². The van der Waals surface area contributed by atoms with Crippen LogP contribution in [0.5, 0.6) is 0 Å². The van der Waals surface area contributed by atoms with Crippen LogP contribution in [0.4, 0.5) is 0 Å². The Balaban J connectivity index is 2.37. The second-order valence-electron chi connectivity index (χ2n) is 3.21. The SMILES string of the molecule is NNC(c1cncnc1)c1cncc(Br)c1. The summed E-state index contributed by atoms with van der Waals surface area (Å²) in [5.41, 5.74) is 4.57. The highest BCUT2D eigenvalue weighted by atomic mass is 79.9. The van der Waals surface area contributed by atoms with Crippen molar-refractivity contribution < 1.29 is 0 Å². The number of hydrogen-bond donors (Lipinski definition) is 2. The van der Waals surface area contributed by atoms with Crippen LogP contribution in [-0.2, 0) is 0 Å². The fourth-order valence-electron chi connectivity index (χ4n) is 1.43. The van der Waals surface area contributed by atoms with Gasteiger partial charge in [0.25, 0.3) is 0 Å². The molecule has 0 aliphatic carbocycles. The standard InChI is InChI=1S/C10H10BrN5/c11-9-1-7(2-13-5-9)10(16-12)8-3-14-6-15-4-8/h1-6,10,16H,12H2. The Morgan fingerprint density at radius 2 is 1.75 bits per heavy atom. The van der Waals surface area contributed by atoms with E-state index in [0.717, 1.165) is 15.6 Å². The molecule has 1 atom stereocenters. The topological polar surface area (TPSA) is 76.7 Å². The van der Waals surface area contributed by atoms with E-state index in [0.29, 0.717) is 0 Å². The van der Waals surface area contributed by atoms with Crippen molar-refractivity contribution in [3.8, 4) is 0 Å². The summed E-state index contributed by atoms with van der Waals surface area (Å²) in [6.45, 7) is 0. The van der Waals surface area contributed by atoms with Crippen LogP contribution in [0.15, 0.2) is 41.7 Å². The van der Waals surface area contributed by atoms with Gasteiger partial charge in [-0.3, -0.25) is 10.8 Å². The van der Waals surface area contributed by atoms with Gasteiger partial charge in [0, 0.05) is 34.8 Å². The molecule has 0 aliphatic heterocycles. The molecule has 82 valence electrons. The molecule has 0 bridgehead atoms.